The summed E-state index contributed by atoms with van der Waals surface area (Å²) in [6.45, 7) is 12.6. The van der Waals surface area contributed by atoms with Gasteiger partial charge in [0.2, 0.25) is 0 Å². The third-order valence-electron chi connectivity index (χ3n) is 5.24. The van der Waals surface area contributed by atoms with Crippen LogP contribution in [0.15, 0.2) is 0 Å². The largest absolute Gasteiger partial charge is 0.374 e. The van der Waals surface area contributed by atoms with E-state index in [4.69, 9.17) is 4.74 Å². The van der Waals surface area contributed by atoms with E-state index >= 15 is 0 Å². The van der Waals surface area contributed by atoms with Gasteiger partial charge in [0.15, 0.2) is 0 Å². The van der Waals surface area contributed by atoms with Gasteiger partial charge in [-0.25, -0.2) is 0 Å². The van der Waals surface area contributed by atoms with Gasteiger partial charge >= 0.3 is 0 Å². The Morgan fingerprint density at radius 2 is 2.00 bits per heavy atom. The van der Waals surface area contributed by atoms with Crippen molar-refractivity contribution in [2.75, 3.05) is 45.9 Å². The predicted molar refractivity (Wildman–Crippen MR) is 86.6 cm³/mol. The molecular formula is C17H33N3O. The quantitative estimate of drug-likeness (QED) is 0.805. The molecule has 2 saturated heterocycles. The van der Waals surface area contributed by atoms with E-state index in [9.17, 15) is 0 Å². The third-order valence-corrected chi connectivity index (χ3v) is 5.24. The van der Waals surface area contributed by atoms with Crippen LogP contribution in [-0.2, 0) is 4.74 Å². The monoisotopic (exact) mass is 295 g/mol. The highest BCUT2D eigenvalue weighted by molar-refractivity contribution is 4.85. The molecule has 0 aromatic carbocycles. The fourth-order valence-electron chi connectivity index (χ4n) is 3.71. The molecule has 2 aliphatic heterocycles. The molecule has 0 aromatic heterocycles. The number of likely N-dealkylation sites (tertiary alicyclic amines) is 1. The van der Waals surface area contributed by atoms with Crippen LogP contribution < -0.4 is 5.32 Å². The first-order valence-corrected chi connectivity index (χ1v) is 9.02. The lowest BCUT2D eigenvalue weighted by molar-refractivity contribution is -0.0559. The van der Waals surface area contributed by atoms with Crippen molar-refractivity contribution in [2.24, 2.45) is 5.92 Å². The summed E-state index contributed by atoms with van der Waals surface area (Å²) in [4.78, 5) is 5.21. The molecule has 3 rings (SSSR count). The van der Waals surface area contributed by atoms with Gasteiger partial charge in [-0.15, -0.1) is 0 Å². The highest BCUT2D eigenvalue weighted by atomic mass is 16.5. The van der Waals surface area contributed by atoms with Crippen LogP contribution in [0.1, 0.15) is 39.5 Å². The van der Waals surface area contributed by atoms with Crippen molar-refractivity contribution in [3.8, 4) is 0 Å². The molecule has 1 saturated carbocycles. The number of morpholine rings is 1. The fourth-order valence-corrected chi connectivity index (χ4v) is 3.71. The van der Waals surface area contributed by atoms with Crippen molar-refractivity contribution in [2.45, 2.75) is 57.7 Å². The molecule has 4 nitrogen and oxygen atoms in total. The predicted octanol–water partition coefficient (Wildman–Crippen LogP) is 1.56. The first-order chi connectivity index (χ1) is 10.2. The molecular weight excluding hydrogens is 262 g/mol. The standard InChI is InChI=1S/C17H33N3O/c1-14(2)20-8-9-21-17(13-20)12-19-7-3-4-15(11-19)10-18-16-5-6-16/h14-18H,3-13H2,1-2H3. The van der Waals surface area contributed by atoms with Gasteiger partial charge in [-0.1, -0.05) is 0 Å². The fraction of sp³-hybridized carbons (Fsp3) is 1.00. The number of ether oxygens (including phenoxy) is 1. The number of hydrogen-bond acceptors (Lipinski definition) is 4. The van der Waals surface area contributed by atoms with E-state index in [0.29, 0.717) is 12.1 Å². The summed E-state index contributed by atoms with van der Waals surface area (Å²) in [7, 11) is 0. The smallest absolute Gasteiger partial charge is 0.0829 e. The Bertz CT molecular complexity index is 319. The van der Waals surface area contributed by atoms with Gasteiger partial charge in [0, 0.05) is 38.3 Å². The molecule has 1 N–H and O–H groups in total. The zero-order valence-corrected chi connectivity index (χ0v) is 13.9. The van der Waals surface area contributed by atoms with E-state index in [0.717, 1.165) is 38.2 Å². The number of nitrogens with zero attached hydrogens (tertiary/aromatic N) is 2. The van der Waals surface area contributed by atoms with Crippen molar-refractivity contribution in [3.63, 3.8) is 0 Å². The number of hydrogen-bond donors (Lipinski definition) is 1. The topological polar surface area (TPSA) is 27.7 Å². The Kier molecular flexibility index (Phi) is 5.54. The lowest BCUT2D eigenvalue weighted by Gasteiger charge is -2.40. The minimum Gasteiger partial charge on any atom is -0.374 e. The second kappa shape index (κ2) is 7.40. The van der Waals surface area contributed by atoms with E-state index < -0.39 is 0 Å². The maximum Gasteiger partial charge on any atom is 0.0829 e. The van der Waals surface area contributed by atoms with Crippen LogP contribution in [0, 0.1) is 5.92 Å². The summed E-state index contributed by atoms with van der Waals surface area (Å²) in [6.07, 6.45) is 5.98. The van der Waals surface area contributed by atoms with Crippen LogP contribution in [-0.4, -0.2) is 73.9 Å². The maximum atomic E-state index is 6.01. The Morgan fingerprint density at radius 3 is 2.76 bits per heavy atom. The summed E-state index contributed by atoms with van der Waals surface area (Å²) < 4.78 is 6.01. The highest BCUT2D eigenvalue weighted by Crippen LogP contribution is 2.22. The van der Waals surface area contributed by atoms with Crippen LogP contribution >= 0.6 is 0 Å². The van der Waals surface area contributed by atoms with Gasteiger partial charge in [-0.05, 0) is 58.5 Å². The SMILES string of the molecule is CC(C)N1CCOC(CN2CCCC(CNC3CC3)C2)C1. The van der Waals surface area contributed by atoms with Crippen LogP contribution in [0.2, 0.25) is 0 Å². The van der Waals surface area contributed by atoms with E-state index in [-0.39, 0.29) is 0 Å². The van der Waals surface area contributed by atoms with Gasteiger partial charge < -0.3 is 15.0 Å². The molecule has 0 amide bonds. The van der Waals surface area contributed by atoms with Gasteiger partial charge in [0.1, 0.15) is 0 Å². The highest BCUT2D eigenvalue weighted by Gasteiger charge is 2.28. The van der Waals surface area contributed by atoms with Crippen LogP contribution in [0.5, 0.6) is 0 Å². The zero-order valence-electron chi connectivity index (χ0n) is 13.9. The van der Waals surface area contributed by atoms with Crippen LogP contribution in [0.3, 0.4) is 0 Å². The Balaban J connectivity index is 1.40. The second-order valence-electron chi connectivity index (χ2n) is 7.53. The van der Waals surface area contributed by atoms with Gasteiger partial charge in [0.05, 0.1) is 12.7 Å². The molecule has 3 fully saturated rings. The number of rotatable bonds is 6. The summed E-state index contributed by atoms with van der Waals surface area (Å²) in [5.74, 6) is 0.851. The molecule has 1 aliphatic carbocycles. The Hall–Kier alpha value is -0.160. The molecule has 0 radical (unpaired) electrons. The van der Waals surface area contributed by atoms with Crippen LogP contribution in [0.4, 0.5) is 0 Å². The minimum atomic E-state index is 0.413. The van der Waals surface area contributed by atoms with Gasteiger partial charge in [0.25, 0.3) is 0 Å². The first-order valence-electron chi connectivity index (χ1n) is 9.02. The molecule has 122 valence electrons. The molecule has 0 bridgehead atoms. The van der Waals surface area contributed by atoms with E-state index in [1.165, 1.54) is 45.3 Å². The van der Waals surface area contributed by atoms with Gasteiger partial charge in [-0.2, -0.15) is 0 Å². The molecule has 2 unspecified atom stereocenters. The van der Waals surface area contributed by atoms with Crippen molar-refractivity contribution in [1.82, 2.24) is 15.1 Å². The molecule has 0 spiro atoms. The Labute approximate surface area is 130 Å². The average Bonchev–Trinajstić information content (AvgIpc) is 3.30. The minimum absolute atomic E-state index is 0.413. The van der Waals surface area contributed by atoms with Crippen molar-refractivity contribution in [1.29, 1.82) is 0 Å². The molecule has 0 aromatic rings. The summed E-state index contributed by atoms with van der Waals surface area (Å²) in [5.41, 5.74) is 0. The van der Waals surface area contributed by atoms with E-state index in [2.05, 4.69) is 29.0 Å². The molecule has 21 heavy (non-hydrogen) atoms. The normalized spacial score (nSPS) is 32.7. The molecule has 3 aliphatic rings. The van der Waals surface area contributed by atoms with Crippen molar-refractivity contribution in [3.05, 3.63) is 0 Å². The third kappa shape index (κ3) is 4.92. The zero-order chi connectivity index (χ0) is 14.7. The summed E-state index contributed by atoms with van der Waals surface area (Å²) >= 11 is 0. The number of piperidine rings is 1. The lowest BCUT2D eigenvalue weighted by atomic mass is 9.97. The average molecular weight is 295 g/mol. The number of nitrogens with one attached hydrogen (secondary N) is 1. The molecule has 2 atom stereocenters. The second-order valence-corrected chi connectivity index (χ2v) is 7.53. The lowest BCUT2D eigenvalue weighted by Crippen LogP contribution is -2.51. The van der Waals surface area contributed by atoms with Gasteiger partial charge in [-0.3, -0.25) is 4.90 Å². The molecule has 4 heteroatoms. The summed E-state index contributed by atoms with van der Waals surface area (Å²) in [6, 6.07) is 1.50. The van der Waals surface area contributed by atoms with E-state index in [1.807, 2.05) is 0 Å². The Morgan fingerprint density at radius 1 is 1.14 bits per heavy atom. The first kappa shape index (κ1) is 15.7. The van der Waals surface area contributed by atoms with Crippen molar-refractivity contribution < 1.29 is 4.74 Å². The van der Waals surface area contributed by atoms with Crippen molar-refractivity contribution >= 4 is 0 Å². The maximum absolute atomic E-state index is 6.01. The molecule has 2 heterocycles. The van der Waals surface area contributed by atoms with Crippen LogP contribution in [0.25, 0.3) is 0 Å². The van der Waals surface area contributed by atoms with E-state index in [1.54, 1.807) is 0 Å². The summed E-state index contributed by atoms with van der Waals surface area (Å²) in [5, 5.41) is 3.71.